The van der Waals surface area contributed by atoms with Gasteiger partial charge in [0.25, 0.3) is 0 Å². The third-order valence-corrected chi connectivity index (χ3v) is 2.94. The van der Waals surface area contributed by atoms with E-state index in [0.717, 1.165) is 0 Å². The minimum absolute atomic E-state index is 0.0183. The van der Waals surface area contributed by atoms with Gasteiger partial charge in [-0.2, -0.15) is 5.26 Å². The van der Waals surface area contributed by atoms with Crippen LogP contribution in [0, 0.1) is 23.2 Å². The van der Waals surface area contributed by atoms with Crippen molar-refractivity contribution in [2.24, 2.45) is 11.8 Å². The lowest BCUT2D eigenvalue weighted by Crippen LogP contribution is -2.23. The van der Waals surface area contributed by atoms with Gasteiger partial charge in [-0.05, 0) is 32.6 Å². The molecule has 0 heterocycles. The van der Waals surface area contributed by atoms with Gasteiger partial charge in [0, 0.05) is 6.42 Å². The van der Waals surface area contributed by atoms with Gasteiger partial charge in [-0.1, -0.05) is 0 Å². The van der Waals surface area contributed by atoms with Gasteiger partial charge in [0.1, 0.15) is 11.7 Å². The Hall–Kier alpha value is -1.37. The number of carbonyl (C=O) groups excluding carboxylic acids is 2. The fourth-order valence-corrected chi connectivity index (χ4v) is 2.00. The van der Waals surface area contributed by atoms with Crippen LogP contribution >= 0.6 is 0 Å². The number of rotatable bonds is 2. The van der Waals surface area contributed by atoms with Crippen molar-refractivity contribution in [2.45, 2.75) is 39.0 Å². The number of Topliss-reactive ketones (excluding diaryl/α,β-unsaturated/α-hetero) is 1. The van der Waals surface area contributed by atoms with Crippen LogP contribution in [0.4, 0.5) is 0 Å². The van der Waals surface area contributed by atoms with E-state index in [1.54, 1.807) is 6.92 Å². The molecule has 1 saturated carbocycles. The first-order valence-electron chi connectivity index (χ1n) is 5.78. The molecule has 88 valence electrons. The summed E-state index contributed by atoms with van der Waals surface area (Å²) in [5, 5.41) is 8.82. The Labute approximate surface area is 95.6 Å². The number of hydrogen-bond acceptors (Lipinski definition) is 4. The summed E-state index contributed by atoms with van der Waals surface area (Å²) in [5.41, 5.74) is 0. The van der Waals surface area contributed by atoms with Gasteiger partial charge >= 0.3 is 5.97 Å². The van der Waals surface area contributed by atoms with Gasteiger partial charge < -0.3 is 4.74 Å². The summed E-state index contributed by atoms with van der Waals surface area (Å²) in [6.45, 7) is 2.17. The molecule has 16 heavy (non-hydrogen) atoms. The first-order chi connectivity index (χ1) is 7.69. The lowest BCUT2D eigenvalue weighted by molar-refractivity contribution is -0.149. The van der Waals surface area contributed by atoms with E-state index in [1.807, 2.05) is 6.07 Å². The number of ether oxygens (including phenoxy) is 1. The molecule has 0 saturated heterocycles. The minimum atomic E-state index is -0.530. The molecule has 1 aliphatic carbocycles. The molecule has 1 aliphatic rings. The molecule has 0 aliphatic heterocycles. The van der Waals surface area contributed by atoms with Crippen LogP contribution in [0.25, 0.3) is 0 Å². The van der Waals surface area contributed by atoms with Crippen LogP contribution < -0.4 is 0 Å². The Morgan fingerprint density at radius 2 is 2.25 bits per heavy atom. The second-order valence-electron chi connectivity index (χ2n) is 4.07. The molecule has 0 N–H and O–H groups in total. The molecule has 0 aromatic rings. The summed E-state index contributed by atoms with van der Waals surface area (Å²) in [6.07, 6.45) is 2.86. The van der Waals surface area contributed by atoms with Crippen LogP contribution in [-0.2, 0) is 14.3 Å². The van der Waals surface area contributed by atoms with Crippen LogP contribution in [-0.4, -0.2) is 18.4 Å². The van der Waals surface area contributed by atoms with Gasteiger partial charge in [0.05, 0.1) is 18.6 Å². The highest BCUT2D eigenvalue weighted by Crippen LogP contribution is 2.24. The van der Waals surface area contributed by atoms with Crippen molar-refractivity contribution in [2.75, 3.05) is 6.61 Å². The largest absolute Gasteiger partial charge is 0.466 e. The normalized spacial score (nSPS) is 26.4. The lowest BCUT2D eigenvalue weighted by atomic mass is 9.85. The van der Waals surface area contributed by atoms with Crippen molar-refractivity contribution in [3.05, 3.63) is 0 Å². The Bertz CT molecular complexity index is 306. The summed E-state index contributed by atoms with van der Waals surface area (Å²) in [7, 11) is 0. The minimum Gasteiger partial charge on any atom is -0.466 e. The maximum Gasteiger partial charge on any atom is 0.308 e. The summed E-state index contributed by atoms with van der Waals surface area (Å²) >= 11 is 0. The van der Waals surface area contributed by atoms with E-state index in [1.165, 1.54) is 0 Å². The van der Waals surface area contributed by atoms with Gasteiger partial charge in [-0.15, -0.1) is 0 Å². The fraction of sp³-hybridized carbons (Fsp3) is 0.750. The monoisotopic (exact) mass is 223 g/mol. The average Bonchev–Trinajstić information content (AvgIpc) is 2.24. The Morgan fingerprint density at radius 3 is 2.88 bits per heavy atom. The lowest BCUT2D eigenvalue weighted by Gasteiger charge is -2.19. The zero-order valence-electron chi connectivity index (χ0n) is 9.57. The molecule has 0 aromatic carbocycles. The zero-order chi connectivity index (χ0) is 12.0. The molecule has 2 unspecified atom stereocenters. The van der Waals surface area contributed by atoms with E-state index in [9.17, 15) is 9.59 Å². The number of ketones is 1. The molecule has 1 rings (SSSR count). The molecule has 0 spiro atoms. The second kappa shape index (κ2) is 6.26. The summed E-state index contributed by atoms with van der Waals surface area (Å²) in [4.78, 5) is 23.0. The van der Waals surface area contributed by atoms with Crippen LogP contribution in [0.5, 0.6) is 0 Å². The van der Waals surface area contributed by atoms with Crippen LogP contribution in [0.1, 0.15) is 39.0 Å². The van der Waals surface area contributed by atoms with E-state index >= 15 is 0 Å². The highest BCUT2D eigenvalue weighted by atomic mass is 16.5. The molecule has 0 amide bonds. The predicted octanol–water partition coefficient (Wildman–Crippen LogP) is 1.84. The Morgan fingerprint density at radius 1 is 1.50 bits per heavy atom. The standard InChI is InChI=1S/C12H17NO3/c1-2-16-12(15)9-4-3-5-11(14)10(8-13)7-6-9/h9-10H,2-7H2,1H3. The van der Waals surface area contributed by atoms with Gasteiger partial charge in [0.2, 0.25) is 0 Å². The number of hydrogen-bond donors (Lipinski definition) is 0. The molecule has 2 atom stereocenters. The Balaban J connectivity index is 2.56. The maximum atomic E-state index is 11.5. The predicted molar refractivity (Wildman–Crippen MR) is 57.3 cm³/mol. The summed E-state index contributed by atoms with van der Waals surface area (Å²) < 4.78 is 4.97. The topological polar surface area (TPSA) is 67.2 Å². The van der Waals surface area contributed by atoms with Gasteiger partial charge in [-0.3, -0.25) is 9.59 Å². The molecule has 0 aromatic heterocycles. The summed E-state index contributed by atoms with van der Waals surface area (Å²) in [5.74, 6) is -0.834. The maximum absolute atomic E-state index is 11.5. The van der Waals surface area contributed by atoms with Gasteiger partial charge in [0.15, 0.2) is 0 Å². The first kappa shape index (κ1) is 12.7. The quantitative estimate of drug-likeness (QED) is 0.670. The smallest absolute Gasteiger partial charge is 0.308 e. The zero-order valence-corrected chi connectivity index (χ0v) is 9.57. The van der Waals surface area contributed by atoms with Crippen LogP contribution in [0.3, 0.4) is 0 Å². The highest BCUT2D eigenvalue weighted by molar-refractivity contribution is 5.83. The molecule has 4 nitrogen and oxygen atoms in total. The third-order valence-electron chi connectivity index (χ3n) is 2.94. The second-order valence-corrected chi connectivity index (χ2v) is 4.07. The van der Waals surface area contributed by atoms with E-state index < -0.39 is 5.92 Å². The van der Waals surface area contributed by atoms with Crippen LogP contribution in [0.2, 0.25) is 0 Å². The molecule has 1 fully saturated rings. The van der Waals surface area contributed by atoms with Crippen molar-refractivity contribution in [1.29, 1.82) is 5.26 Å². The third kappa shape index (κ3) is 3.34. The van der Waals surface area contributed by atoms with E-state index in [0.29, 0.717) is 38.7 Å². The fourth-order valence-electron chi connectivity index (χ4n) is 2.00. The molecular weight excluding hydrogens is 206 g/mol. The van der Waals surface area contributed by atoms with E-state index in [2.05, 4.69) is 0 Å². The summed E-state index contributed by atoms with van der Waals surface area (Å²) in [6, 6.07) is 2.01. The number of nitrogens with zero attached hydrogens (tertiary/aromatic N) is 1. The molecule has 4 heteroatoms. The van der Waals surface area contributed by atoms with E-state index in [4.69, 9.17) is 10.00 Å². The average molecular weight is 223 g/mol. The SMILES string of the molecule is CCOC(=O)C1CCCC(=O)C(C#N)CC1. The number of nitriles is 1. The highest BCUT2D eigenvalue weighted by Gasteiger charge is 2.27. The molecule has 0 bridgehead atoms. The van der Waals surface area contributed by atoms with Crippen molar-refractivity contribution in [3.8, 4) is 6.07 Å². The number of carbonyl (C=O) groups is 2. The van der Waals surface area contributed by atoms with Crippen LogP contribution in [0.15, 0.2) is 0 Å². The van der Waals surface area contributed by atoms with Gasteiger partial charge in [-0.25, -0.2) is 0 Å². The Kier molecular flexibility index (Phi) is 4.97. The van der Waals surface area contributed by atoms with Crippen molar-refractivity contribution in [3.63, 3.8) is 0 Å². The first-order valence-corrected chi connectivity index (χ1v) is 5.78. The van der Waals surface area contributed by atoms with Crippen molar-refractivity contribution < 1.29 is 14.3 Å². The molecule has 0 radical (unpaired) electrons. The molecular formula is C12H17NO3. The van der Waals surface area contributed by atoms with Crippen molar-refractivity contribution in [1.82, 2.24) is 0 Å². The van der Waals surface area contributed by atoms with Crippen molar-refractivity contribution >= 4 is 11.8 Å². The number of esters is 1. The van der Waals surface area contributed by atoms with E-state index in [-0.39, 0.29) is 17.7 Å².